The summed E-state index contributed by atoms with van der Waals surface area (Å²) in [5.74, 6) is -0.731. The van der Waals surface area contributed by atoms with E-state index in [1.165, 1.54) is 0 Å². The van der Waals surface area contributed by atoms with Crippen LogP contribution in [0.15, 0.2) is 30.3 Å². The first kappa shape index (κ1) is 20.9. The number of nitrogens with one attached hydrogen (secondary N) is 2. The summed E-state index contributed by atoms with van der Waals surface area (Å²) in [6.45, 7) is 3.76. The van der Waals surface area contributed by atoms with E-state index in [0.29, 0.717) is 0 Å². The molecule has 0 bridgehead atoms. The zero-order valence-corrected chi connectivity index (χ0v) is 14.4. The molecule has 1 amide bonds. The Kier molecular flexibility index (Phi) is 9.27. The van der Waals surface area contributed by atoms with Gasteiger partial charge in [0.05, 0.1) is 5.75 Å². The van der Waals surface area contributed by atoms with Gasteiger partial charge < -0.3 is 11.1 Å². The highest BCUT2D eigenvalue weighted by molar-refractivity contribution is 7.89. The van der Waals surface area contributed by atoms with Crippen molar-refractivity contribution >= 4 is 28.3 Å². The van der Waals surface area contributed by atoms with Crippen LogP contribution in [-0.4, -0.2) is 32.7 Å². The predicted octanol–water partition coefficient (Wildman–Crippen LogP) is 0.627. The zero-order chi connectivity index (χ0) is 15.9. The molecular weight excluding hydrogens is 326 g/mol. The summed E-state index contributed by atoms with van der Waals surface area (Å²) in [6, 6.07) is 8.98. The fourth-order valence-corrected chi connectivity index (χ4v) is 2.47. The summed E-state index contributed by atoms with van der Waals surface area (Å²) in [6.07, 6.45) is 0. The fourth-order valence-electron chi connectivity index (χ4n) is 1.57. The third kappa shape index (κ3) is 7.74. The Balaban J connectivity index is 0.00000441. The van der Waals surface area contributed by atoms with Gasteiger partial charge in [0.1, 0.15) is 0 Å². The third-order valence-electron chi connectivity index (χ3n) is 3.21. The van der Waals surface area contributed by atoms with Crippen LogP contribution < -0.4 is 15.8 Å². The molecule has 6 nitrogen and oxygen atoms in total. The monoisotopic (exact) mass is 349 g/mol. The molecule has 0 aliphatic rings. The van der Waals surface area contributed by atoms with Gasteiger partial charge in [-0.2, -0.15) is 0 Å². The van der Waals surface area contributed by atoms with Gasteiger partial charge in [-0.25, -0.2) is 13.1 Å². The van der Waals surface area contributed by atoms with Crippen LogP contribution in [0.5, 0.6) is 0 Å². The van der Waals surface area contributed by atoms with Crippen molar-refractivity contribution in [1.29, 1.82) is 0 Å². The van der Waals surface area contributed by atoms with Crippen molar-refractivity contribution in [3.05, 3.63) is 35.9 Å². The van der Waals surface area contributed by atoms with Crippen molar-refractivity contribution in [3.8, 4) is 0 Å². The standard InChI is InChI=1S/C14H23N3O3S.ClH/c1-11(12(2)15)14(18)16-8-9-21(19,20)17-10-13-6-4-3-5-7-13;/h3-7,11-12,17H,8-10,15H2,1-2H3,(H,16,18);1H. The maximum atomic E-state index is 11.8. The smallest absolute Gasteiger partial charge is 0.224 e. The number of halogens is 1. The van der Waals surface area contributed by atoms with Gasteiger partial charge in [-0.3, -0.25) is 4.79 Å². The summed E-state index contributed by atoms with van der Waals surface area (Å²) in [4.78, 5) is 11.6. The van der Waals surface area contributed by atoms with E-state index in [1.54, 1.807) is 13.8 Å². The Morgan fingerprint density at radius 2 is 1.82 bits per heavy atom. The predicted molar refractivity (Wildman–Crippen MR) is 90.1 cm³/mol. The first-order valence-corrected chi connectivity index (χ1v) is 8.51. The normalized spacial score (nSPS) is 13.8. The summed E-state index contributed by atoms with van der Waals surface area (Å²) in [5.41, 5.74) is 6.50. The molecule has 1 rings (SSSR count). The van der Waals surface area contributed by atoms with Crippen LogP contribution >= 0.6 is 12.4 Å². The van der Waals surface area contributed by atoms with Gasteiger partial charge in [0.15, 0.2) is 0 Å². The molecule has 1 aromatic rings. The van der Waals surface area contributed by atoms with E-state index < -0.39 is 10.0 Å². The molecule has 1 aromatic carbocycles. The molecule has 0 aliphatic carbocycles. The van der Waals surface area contributed by atoms with Crippen LogP contribution in [0.25, 0.3) is 0 Å². The van der Waals surface area contributed by atoms with E-state index in [1.807, 2.05) is 30.3 Å². The van der Waals surface area contributed by atoms with Crippen LogP contribution in [0.3, 0.4) is 0 Å². The molecule has 0 aromatic heterocycles. The molecule has 0 saturated heterocycles. The van der Waals surface area contributed by atoms with Crippen molar-refractivity contribution in [2.75, 3.05) is 12.3 Å². The molecule has 2 atom stereocenters. The lowest BCUT2D eigenvalue weighted by Crippen LogP contribution is -2.41. The van der Waals surface area contributed by atoms with Gasteiger partial charge in [0, 0.05) is 25.0 Å². The quantitative estimate of drug-likeness (QED) is 0.640. The van der Waals surface area contributed by atoms with Gasteiger partial charge in [-0.15, -0.1) is 12.4 Å². The highest BCUT2D eigenvalue weighted by Crippen LogP contribution is 2.00. The second-order valence-corrected chi connectivity index (χ2v) is 6.99. The molecule has 126 valence electrons. The minimum atomic E-state index is -3.42. The maximum Gasteiger partial charge on any atom is 0.224 e. The number of nitrogens with two attached hydrogens (primary N) is 1. The number of amides is 1. The number of carbonyl (C=O) groups is 1. The van der Waals surface area contributed by atoms with Crippen molar-refractivity contribution in [2.45, 2.75) is 26.4 Å². The third-order valence-corrected chi connectivity index (χ3v) is 4.54. The van der Waals surface area contributed by atoms with Crippen molar-refractivity contribution < 1.29 is 13.2 Å². The molecule has 22 heavy (non-hydrogen) atoms. The van der Waals surface area contributed by atoms with Gasteiger partial charge in [-0.05, 0) is 12.5 Å². The van der Waals surface area contributed by atoms with Gasteiger partial charge in [-0.1, -0.05) is 37.3 Å². The fraction of sp³-hybridized carbons (Fsp3) is 0.500. The van der Waals surface area contributed by atoms with E-state index >= 15 is 0 Å². The number of benzene rings is 1. The van der Waals surface area contributed by atoms with Gasteiger partial charge >= 0.3 is 0 Å². The Bertz CT molecular complexity index is 550. The van der Waals surface area contributed by atoms with Crippen LogP contribution in [-0.2, 0) is 21.4 Å². The number of hydrogen-bond acceptors (Lipinski definition) is 4. The topological polar surface area (TPSA) is 101 Å². The first-order chi connectivity index (χ1) is 9.82. The van der Waals surface area contributed by atoms with E-state index in [-0.39, 0.29) is 49.1 Å². The molecule has 8 heteroatoms. The molecule has 4 N–H and O–H groups in total. The molecule has 0 fully saturated rings. The Labute approximate surface area is 138 Å². The Hall–Kier alpha value is -1.15. The molecule has 0 radical (unpaired) electrons. The second kappa shape index (κ2) is 9.78. The number of hydrogen-bond donors (Lipinski definition) is 3. The highest BCUT2D eigenvalue weighted by Gasteiger charge is 2.17. The average molecular weight is 350 g/mol. The number of rotatable bonds is 8. The maximum absolute atomic E-state index is 11.8. The SMILES string of the molecule is CC(N)C(C)C(=O)NCCS(=O)(=O)NCc1ccccc1.Cl. The molecule has 0 spiro atoms. The summed E-state index contributed by atoms with van der Waals surface area (Å²) >= 11 is 0. The second-order valence-electron chi connectivity index (χ2n) is 5.06. The Morgan fingerprint density at radius 3 is 2.36 bits per heavy atom. The van der Waals surface area contributed by atoms with Crippen LogP contribution in [0.1, 0.15) is 19.4 Å². The van der Waals surface area contributed by atoms with Crippen molar-refractivity contribution in [3.63, 3.8) is 0 Å². The highest BCUT2D eigenvalue weighted by atomic mass is 35.5. The van der Waals surface area contributed by atoms with Crippen LogP contribution in [0.2, 0.25) is 0 Å². The summed E-state index contributed by atoms with van der Waals surface area (Å²) < 4.78 is 26.1. The minimum Gasteiger partial charge on any atom is -0.355 e. The zero-order valence-electron chi connectivity index (χ0n) is 12.8. The lowest BCUT2D eigenvalue weighted by Gasteiger charge is -2.15. The Morgan fingerprint density at radius 1 is 1.23 bits per heavy atom. The lowest BCUT2D eigenvalue weighted by molar-refractivity contribution is -0.124. The van der Waals surface area contributed by atoms with Crippen LogP contribution in [0.4, 0.5) is 0 Å². The number of carbonyl (C=O) groups excluding carboxylic acids is 1. The van der Waals surface area contributed by atoms with Crippen molar-refractivity contribution in [2.24, 2.45) is 11.7 Å². The first-order valence-electron chi connectivity index (χ1n) is 6.86. The average Bonchev–Trinajstić information content (AvgIpc) is 2.45. The summed E-state index contributed by atoms with van der Waals surface area (Å²) in [7, 11) is -3.42. The molecule has 0 aliphatic heterocycles. The molecule has 2 unspecified atom stereocenters. The van der Waals surface area contributed by atoms with E-state index in [2.05, 4.69) is 10.0 Å². The summed E-state index contributed by atoms with van der Waals surface area (Å²) in [5, 5.41) is 2.58. The van der Waals surface area contributed by atoms with Gasteiger partial charge in [0.2, 0.25) is 15.9 Å². The lowest BCUT2D eigenvalue weighted by atomic mass is 10.0. The van der Waals surface area contributed by atoms with E-state index in [0.717, 1.165) is 5.56 Å². The van der Waals surface area contributed by atoms with Crippen molar-refractivity contribution in [1.82, 2.24) is 10.0 Å². The molecule has 0 heterocycles. The van der Waals surface area contributed by atoms with E-state index in [4.69, 9.17) is 5.73 Å². The largest absolute Gasteiger partial charge is 0.355 e. The molecule has 0 saturated carbocycles. The minimum absolute atomic E-state index is 0. The van der Waals surface area contributed by atoms with Gasteiger partial charge in [0.25, 0.3) is 0 Å². The number of sulfonamides is 1. The van der Waals surface area contributed by atoms with E-state index in [9.17, 15) is 13.2 Å². The van der Waals surface area contributed by atoms with Crippen LogP contribution in [0, 0.1) is 5.92 Å². The molecular formula is C14H24ClN3O3S.